The highest BCUT2D eigenvalue weighted by molar-refractivity contribution is 5.81. The summed E-state index contributed by atoms with van der Waals surface area (Å²) in [6, 6.07) is 6.01. The third-order valence-corrected chi connectivity index (χ3v) is 4.17. The van der Waals surface area contributed by atoms with E-state index in [0.717, 1.165) is 31.9 Å². The summed E-state index contributed by atoms with van der Waals surface area (Å²) in [7, 11) is 0. The molecule has 2 heterocycles. The van der Waals surface area contributed by atoms with Gasteiger partial charge in [-0.15, -0.1) is 0 Å². The number of hydrogen-bond acceptors (Lipinski definition) is 5. The highest BCUT2D eigenvalue weighted by Crippen LogP contribution is 2.30. The zero-order chi connectivity index (χ0) is 14.6. The lowest BCUT2D eigenvalue weighted by molar-refractivity contribution is 0.184. The van der Waals surface area contributed by atoms with Crippen LogP contribution in [0.1, 0.15) is 26.5 Å². The van der Waals surface area contributed by atoms with Gasteiger partial charge in [-0.1, -0.05) is 19.9 Å². The maximum Gasteiger partial charge on any atom is 0.192 e. The molecule has 1 aromatic rings. The lowest BCUT2D eigenvalue weighted by atomic mass is 9.96. The molecule has 0 bridgehead atoms. The van der Waals surface area contributed by atoms with Gasteiger partial charge in [0.05, 0.1) is 12.2 Å². The van der Waals surface area contributed by atoms with E-state index in [4.69, 9.17) is 5.73 Å². The van der Waals surface area contributed by atoms with Crippen molar-refractivity contribution in [3.8, 4) is 0 Å². The van der Waals surface area contributed by atoms with Crippen LogP contribution in [-0.2, 0) is 5.54 Å². The predicted octanol–water partition coefficient (Wildman–Crippen LogP) is 1.27. The third kappa shape index (κ3) is 2.77. The summed E-state index contributed by atoms with van der Waals surface area (Å²) >= 11 is 0. The van der Waals surface area contributed by atoms with E-state index in [0.29, 0.717) is 12.5 Å². The average molecular weight is 275 g/mol. The summed E-state index contributed by atoms with van der Waals surface area (Å²) < 4.78 is 0. The topological polar surface area (TPSA) is 57.8 Å². The van der Waals surface area contributed by atoms with E-state index in [2.05, 4.69) is 46.6 Å². The van der Waals surface area contributed by atoms with Crippen LogP contribution in [0.4, 0.5) is 0 Å². The van der Waals surface area contributed by atoms with Gasteiger partial charge >= 0.3 is 0 Å². The van der Waals surface area contributed by atoms with Gasteiger partial charge in [-0.2, -0.15) is 0 Å². The molecule has 1 aromatic heterocycles. The van der Waals surface area contributed by atoms with Crippen molar-refractivity contribution in [2.24, 2.45) is 10.7 Å². The quantitative estimate of drug-likeness (QED) is 0.849. The van der Waals surface area contributed by atoms with Gasteiger partial charge in [0.15, 0.2) is 5.96 Å². The summed E-state index contributed by atoms with van der Waals surface area (Å²) in [4.78, 5) is 13.5. The summed E-state index contributed by atoms with van der Waals surface area (Å²) in [6.07, 6.45) is 1.83. The highest BCUT2D eigenvalue weighted by atomic mass is 15.4. The molecule has 0 saturated carbocycles. The minimum atomic E-state index is -0.224. The van der Waals surface area contributed by atoms with E-state index in [1.54, 1.807) is 0 Å². The number of rotatable bonds is 6. The Balaban J connectivity index is 2.14. The van der Waals surface area contributed by atoms with Gasteiger partial charge < -0.3 is 15.5 Å². The monoisotopic (exact) mass is 275 g/mol. The number of aliphatic imine (C=N–C) groups is 1. The van der Waals surface area contributed by atoms with E-state index in [1.807, 2.05) is 18.3 Å². The lowest BCUT2D eigenvalue weighted by Crippen LogP contribution is -2.50. The molecule has 0 spiro atoms. The Bertz CT molecular complexity index is 455. The molecule has 20 heavy (non-hydrogen) atoms. The van der Waals surface area contributed by atoms with Gasteiger partial charge in [-0.05, 0) is 32.1 Å². The molecule has 0 fully saturated rings. The fourth-order valence-corrected chi connectivity index (χ4v) is 2.70. The fraction of sp³-hybridized carbons (Fsp3) is 0.600. The minimum absolute atomic E-state index is 0.224. The van der Waals surface area contributed by atoms with Crippen molar-refractivity contribution in [2.75, 3.05) is 32.7 Å². The molecular formula is C15H25N5. The number of nitrogens with zero attached hydrogens (tertiary/aromatic N) is 4. The minimum Gasteiger partial charge on any atom is -0.370 e. The van der Waals surface area contributed by atoms with Gasteiger partial charge in [0.2, 0.25) is 0 Å². The van der Waals surface area contributed by atoms with Crippen molar-refractivity contribution < 1.29 is 0 Å². The number of aromatic nitrogens is 1. The molecule has 0 aliphatic carbocycles. The maximum absolute atomic E-state index is 6.09. The van der Waals surface area contributed by atoms with Crippen molar-refractivity contribution in [1.29, 1.82) is 0 Å². The van der Waals surface area contributed by atoms with Crippen LogP contribution in [0, 0.1) is 0 Å². The van der Waals surface area contributed by atoms with Gasteiger partial charge in [0, 0.05) is 19.3 Å². The van der Waals surface area contributed by atoms with Crippen LogP contribution in [0.2, 0.25) is 0 Å². The summed E-state index contributed by atoms with van der Waals surface area (Å²) in [5.74, 6) is 0.630. The molecule has 0 aromatic carbocycles. The van der Waals surface area contributed by atoms with Crippen LogP contribution >= 0.6 is 0 Å². The Morgan fingerprint density at radius 1 is 1.35 bits per heavy atom. The Hall–Kier alpha value is -1.62. The molecule has 110 valence electrons. The molecule has 0 saturated heterocycles. The van der Waals surface area contributed by atoms with Crippen molar-refractivity contribution in [2.45, 2.75) is 26.3 Å². The third-order valence-electron chi connectivity index (χ3n) is 4.17. The smallest absolute Gasteiger partial charge is 0.192 e. The molecule has 2 rings (SSSR count). The second-order valence-corrected chi connectivity index (χ2v) is 5.34. The van der Waals surface area contributed by atoms with E-state index >= 15 is 0 Å². The highest BCUT2D eigenvalue weighted by Gasteiger charge is 2.40. The molecule has 2 N–H and O–H groups in total. The van der Waals surface area contributed by atoms with Crippen LogP contribution < -0.4 is 5.73 Å². The number of likely N-dealkylation sites (N-methyl/N-ethyl adjacent to an activating group) is 1. The summed E-state index contributed by atoms with van der Waals surface area (Å²) in [5.41, 5.74) is 6.90. The SMILES string of the molecule is CCN(CC)CCN1C(N)=NCC1(C)c1ccccn1. The molecule has 1 aliphatic heterocycles. The van der Waals surface area contributed by atoms with Crippen LogP contribution in [-0.4, -0.2) is 53.5 Å². The molecule has 0 radical (unpaired) electrons. The first-order valence-electron chi connectivity index (χ1n) is 7.33. The first-order chi connectivity index (χ1) is 9.61. The number of hydrogen-bond donors (Lipinski definition) is 1. The largest absolute Gasteiger partial charge is 0.370 e. The Morgan fingerprint density at radius 2 is 2.10 bits per heavy atom. The second-order valence-electron chi connectivity index (χ2n) is 5.34. The van der Waals surface area contributed by atoms with Gasteiger partial charge in [-0.3, -0.25) is 9.98 Å². The summed E-state index contributed by atoms with van der Waals surface area (Å²) in [6.45, 7) is 11.2. The van der Waals surface area contributed by atoms with Crippen molar-refractivity contribution >= 4 is 5.96 Å². The number of nitrogens with two attached hydrogens (primary N) is 1. The number of guanidine groups is 1. The summed E-state index contributed by atoms with van der Waals surface area (Å²) in [5, 5.41) is 0. The van der Waals surface area contributed by atoms with Gasteiger partial charge in [0.25, 0.3) is 0 Å². The molecule has 1 aliphatic rings. The van der Waals surface area contributed by atoms with Crippen molar-refractivity contribution in [3.63, 3.8) is 0 Å². The van der Waals surface area contributed by atoms with Crippen LogP contribution in [0.3, 0.4) is 0 Å². The van der Waals surface area contributed by atoms with E-state index in [-0.39, 0.29) is 5.54 Å². The average Bonchev–Trinajstić information content (AvgIpc) is 2.78. The number of pyridine rings is 1. The molecule has 5 heteroatoms. The van der Waals surface area contributed by atoms with Gasteiger partial charge in [-0.25, -0.2) is 0 Å². The van der Waals surface area contributed by atoms with Crippen molar-refractivity contribution in [3.05, 3.63) is 30.1 Å². The van der Waals surface area contributed by atoms with Crippen LogP contribution in [0.5, 0.6) is 0 Å². The Morgan fingerprint density at radius 3 is 2.70 bits per heavy atom. The fourth-order valence-electron chi connectivity index (χ4n) is 2.70. The molecule has 5 nitrogen and oxygen atoms in total. The Kier molecular flexibility index (Phi) is 4.60. The molecular weight excluding hydrogens is 250 g/mol. The van der Waals surface area contributed by atoms with Gasteiger partial charge in [0.1, 0.15) is 5.54 Å². The predicted molar refractivity (Wildman–Crippen MR) is 82.6 cm³/mol. The maximum atomic E-state index is 6.09. The second kappa shape index (κ2) is 6.22. The molecule has 1 atom stereocenters. The zero-order valence-electron chi connectivity index (χ0n) is 12.7. The Labute approximate surface area is 121 Å². The van der Waals surface area contributed by atoms with Crippen molar-refractivity contribution in [1.82, 2.24) is 14.8 Å². The molecule has 1 unspecified atom stereocenters. The van der Waals surface area contributed by atoms with E-state index < -0.39 is 0 Å². The van der Waals surface area contributed by atoms with E-state index in [1.165, 1.54) is 0 Å². The first kappa shape index (κ1) is 14.8. The van der Waals surface area contributed by atoms with E-state index in [9.17, 15) is 0 Å². The zero-order valence-corrected chi connectivity index (χ0v) is 12.7. The standard InChI is InChI=1S/C15H25N5/c1-4-19(5-2)10-11-20-14(16)18-12-15(20,3)13-8-6-7-9-17-13/h6-9H,4-5,10-12H2,1-3H3,(H2,16,18). The first-order valence-corrected chi connectivity index (χ1v) is 7.33. The van der Waals surface area contributed by atoms with Crippen LogP contribution in [0.25, 0.3) is 0 Å². The molecule has 0 amide bonds. The lowest BCUT2D eigenvalue weighted by Gasteiger charge is -2.36. The normalized spacial score (nSPS) is 22.4. The van der Waals surface area contributed by atoms with Crippen LogP contribution in [0.15, 0.2) is 29.4 Å².